The van der Waals surface area contributed by atoms with Crippen molar-refractivity contribution in [3.8, 4) is 0 Å². The van der Waals surface area contributed by atoms with Crippen LogP contribution in [0.1, 0.15) is 35.8 Å². The molecule has 1 heterocycles. The largest absolute Gasteiger partial charge is 0.479 e. The Balaban J connectivity index is 2.06. The van der Waals surface area contributed by atoms with Gasteiger partial charge in [0.2, 0.25) is 0 Å². The minimum absolute atomic E-state index is 0.671. The number of rotatable bonds is 3. The van der Waals surface area contributed by atoms with Crippen molar-refractivity contribution >= 4 is 5.97 Å². The number of hydrogen-bond donors (Lipinski definition) is 1. The van der Waals surface area contributed by atoms with E-state index in [0.29, 0.717) is 0 Å². The van der Waals surface area contributed by atoms with Crippen molar-refractivity contribution in [2.24, 2.45) is 0 Å². The second-order valence-corrected chi connectivity index (χ2v) is 4.90. The van der Waals surface area contributed by atoms with Gasteiger partial charge >= 0.3 is 5.97 Å². The SMILES string of the molecule is O=C(O)C(c1ccccc1)n1cnc2c1CCCC2. The van der Waals surface area contributed by atoms with Crippen LogP contribution >= 0.6 is 0 Å². The maximum atomic E-state index is 11.6. The van der Waals surface area contributed by atoms with Crippen molar-refractivity contribution in [3.63, 3.8) is 0 Å². The average molecular weight is 256 g/mol. The highest BCUT2D eigenvalue weighted by Crippen LogP contribution is 2.26. The Morgan fingerprint density at radius 3 is 2.68 bits per heavy atom. The van der Waals surface area contributed by atoms with Gasteiger partial charge in [-0.05, 0) is 31.2 Å². The third-order valence-electron chi connectivity index (χ3n) is 3.69. The zero-order chi connectivity index (χ0) is 13.2. The summed E-state index contributed by atoms with van der Waals surface area (Å²) < 4.78 is 1.83. The van der Waals surface area contributed by atoms with E-state index in [1.54, 1.807) is 6.33 Å². The number of carboxylic acid groups (broad SMARTS) is 1. The highest BCUT2D eigenvalue weighted by molar-refractivity contribution is 5.76. The number of benzene rings is 1. The van der Waals surface area contributed by atoms with E-state index in [4.69, 9.17) is 0 Å². The number of aliphatic carboxylic acids is 1. The summed E-state index contributed by atoms with van der Waals surface area (Å²) in [7, 11) is 0. The predicted octanol–water partition coefficient (Wildman–Crippen LogP) is 2.44. The summed E-state index contributed by atoms with van der Waals surface area (Å²) in [6.07, 6.45) is 5.82. The standard InChI is InChI=1S/C15H16N2O2/c18-15(19)14(11-6-2-1-3-7-11)17-10-16-12-8-4-5-9-13(12)17/h1-3,6-7,10,14H,4-5,8-9H2,(H,18,19). The molecule has 1 aliphatic carbocycles. The Kier molecular flexibility index (Phi) is 3.07. The number of fused-ring (bicyclic) bond motifs is 1. The third-order valence-corrected chi connectivity index (χ3v) is 3.69. The van der Waals surface area contributed by atoms with Crippen LogP contribution in [0.15, 0.2) is 36.7 Å². The predicted molar refractivity (Wildman–Crippen MR) is 71.1 cm³/mol. The van der Waals surface area contributed by atoms with Crippen LogP contribution in [0.4, 0.5) is 0 Å². The van der Waals surface area contributed by atoms with E-state index < -0.39 is 12.0 Å². The molecule has 3 rings (SSSR count). The van der Waals surface area contributed by atoms with E-state index in [1.165, 1.54) is 0 Å². The summed E-state index contributed by atoms with van der Waals surface area (Å²) in [5.74, 6) is -0.836. The first-order valence-corrected chi connectivity index (χ1v) is 6.59. The molecule has 0 spiro atoms. The van der Waals surface area contributed by atoms with E-state index >= 15 is 0 Å². The normalized spacial score (nSPS) is 15.8. The van der Waals surface area contributed by atoms with Crippen LogP contribution in [0.3, 0.4) is 0 Å². The summed E-state index contributed by atoms with van der Waals surface area (Å²) in [6, 6.07) is 8.67. The minimum atomic E-state index is -0.836. The lowest BCUT2D eigenvalue weighted by Crippen LogP contribution is -2.22. The smallest absolute Gasteiger partial charge is 0.331 e. The van der Waals surface area contributed by atoms with Gasteiger partial charge in [0.1, 0.15) is 0 Å². The van der Waals surface area contributed by atoms with Gasteiger partial charge in [0.25, 0.3) is 0 Å². The van der Waals surface area contributed by atoms with Gasteiger partial charge in [-0.15, -0.1) is 0 Å². The van der Waals surface area contributed by atoms with Crippen LogP contribution in [0.2, 0.25) is 0 Å². The molecular formula is C15H16N2O2. The van der Waals surface area contributed by atoms with Crippen molar-refractivity contribution in [1.82, 2.24) is 9.55 Å². The number of carboxylic acids is 1. The molecule has 0 bridgehead atoms. The summed E-state index contributed by atoms with van der Waals surface area (Å²) in [6.45, 7) is 0. The average Bonchev–Trinajstić information content (AvgIpc) is 2.84. The fourth-order valence-electron chi connectivity index (χ4n) is 2.77. The van der Waals surface area contributed by atoms with Crippen molar-refractivity contribution < 1.29 is 9.90 Å². The number of carbonyl (C=O) groups is 1. The molecule has 0 radical (unpaired) electrons. The molecule has 0 aliphatic heterocycles. The van der Waals surface area contributed by atoms with Gasteiger partial charge in [0.15, 0.2) is 6.04 Å². The second-order valence-electron chi connectivity index (χ2n) is 4.90. The van der Waals surface area contributed by atoms with E-state index in [2.05, 4.69) is 4.98 Å². The molecule has 0 fully saturated rings. The van der Waals surface area contributed by atoms with E-state index in [-0.39, 0.29) is 0 Å². The van der Waals surface area contributed by atoms with Crippen molar-refractivity contribution in [2.75, 3.05) is 0 Å². The molecule has 0 amide bonds. The monoisotopic (exact) mass is 256 g/mol. The summed E-state index contributed by atoms with van der Waals surface area (Å²) in [5.41, 5.74) is 2.94. The maximum absolute atomic E-state index is 11.6. The summed E-state index contributed by atoms with van der Waals surface area (Å²) >= 11 is 0. The molecule has 2 aromatic rings. The van der Waals surface area contributed by atoms with Crippen LogP contribution in [0, 0.1) is 0 Å². The molecule has 1 atom stereocenters. The number of imidazole rings is 1. The van der Waals surface area contributed by atoms with Gasteiger partial charge in [0, 0.05) is 5.69 Å². The maximum Gasteiger partial charge on any atom is 0.331 e. The van der Waals surface area contributed by atoms with E-state index in [0.717, 1.165) is 42.6 Å². The first-order chi connectivity index (χ1) is 9.27. The molecule has 1 N–H and O–H groups in total. The lowest BCUT2D eigenvalue weighted by Gasteiger charge is -2.20. The van der Waals surface area contributed by atoms with Crippen molar-refractivity contribution in [1.29, 1.82) is 0 Å². The van der Waals surface area contributed by atoms with Gasteiger partial charge in [-0.1, -0.05) is 30.3 Å². The highest BCUT2D eigenvalue weighted by Gasteiger charge is 2.26. The van der Waals surface area contributed by atoms with Gasteiger partial charge < -0.3 is 9.67 Å². The Hall–Kier alpha value is -2.10. The topological polar surface area (TPSA) is 55.1 Å². The number of hydrogen-bond acceptors (Lipinski definition) is 2. The molecule has 0 saturated carbocycles. The molecule has 1 aromatic heterocycles. The fraction of sp³-hybridized carbons (Fsp3) is 0.333. The fourth-order valence-corrected chi connectivity index (χ4v) is 2.77. The molecule has 19 heavy (non-hydrogen) atoms. The zero-order valence-corrected chi connectivity index (χ0v) is 10.6. The number of aryl methyl sites for hydroxylation is 1. The number of aromatic nitrogens is 2. The Bertz CT molecular complexity index is 589. The van der Waals surface area contributed by atoms with Crippen LogP contribution in [0.25, 0.3) is 0 Å². The summed E-state index contributed by atoms with van der Waals surface area (Å²) in [4.78, 5) is 16.0. The molecule has 1 aliphatic rings. The lowest BCUT2D eigenvalue weighted by molar-refractivity contribution is -0.139. The third kappa shape index (κ3) is 2.14. The zero-order valence-electron chi connectivity index (χ0n) is 10.6. The van der Waals surface area contributed by atoms with Crippen LogP contribution < -0.4 is 0 Å². The van der Waals surface area contributed by atoms with Gasteiger partial charge in [-0.3, -0.25) is 0 Å². The highest BCUT2D eigenvalue weighted by atomic mass is 16.4. The van der Waals surface area contributed by atoms with Crippen LogP contribution in [-0.2, 0) is 17.6 Å². The van der Waals surface area contributed by atoms with Crippen molar-refractivity contribution in [2.45, 2.75) is 31.7 Å². The molecule has 98 valence electrons. The first-order valence-electron chi connectivity index (χ1n) is 6.59. The Morgan fingerprint density at radius 1 is 1.21 bits per heavy atom. The van der Waals surface area contributed by atoms with Gasteiger partial charge in [0.05, 0.1) is 12.0 Å². The molecule has 1 aromatic carbocycles. The quantitative estimate of drug-likeness (QED) is 0.917. The lowest BCUT2D eigenvalue weighted by atomic mass is 9.99. The number of nitrogens with zero attached hydrogens (tertiary/aromatic N) is 2. The Labute approximate surface area is 111 Å². The molecule has 4 heteroatoms. The molecule has 4 nitrogen and oxygen atoms in total. The van der Waals surface area contributed by atoms with Crippen molar-refractivity contribution in [3.05, 3.63) is 53.6 Å². The van der Waals surface area contributed by atoms with E-state index in [1.807, 2.05) is 34.9 Å². The molecule has 1 unspecified atom stereocenters. The van der Waals surface area contributed by atoms with Gasteiger partial charge in [-0.25, -0.2) is 9.78 Å². The Morgan fingerprint density at radius 2 is 1.95 bits per heavy atom. The molecule has 0 saturated heterocycles. The first kappa shape index (κ1) is 12.0. The molecular weight excluding hydrogens is 240 g/mol. The minimum Gasteiger partial charge on any atom is -0.479 e. The van der Waals surface area contributed by atoms with Gasteiger partial charge in [-0.2, -0.15) is 0 Å². The van der Waals surface area contributed by atoms with Crippen LogP contribution in [-0.4, -0.2) is 20.6 Å². The van der Waals surface area contributed by atoms with Crippen LogP contribution in [0.5, 0.6) is 0 Å². The second kappa shape index (κ2) is 4.88. The summed E-state index contributed by atoms with van der Waals surface area (Å²) in [5, 5.41) is 9.55. The van der Waals surface area contributed by atoms with E-state index in [9.17, 15) is 9.90 Å².